The summed E-state index contributed by atoms with van der Waals surface area (Å²) in [6.45, 7) is 3.43. The fraction of sp³-hybridized carbons (Fsp3) is 0.923. The molecule has 1 aliphatic carbocycles. The Morgan fingerprint density at radius 2 is 1.80 bits per heavy atom. The molecule has 1 aliphatic rings. The fourth-order valence-corrected chi connectivity index (χ4v) is 3.12. The van der Waals surface area contributed by atoms with Crippen LogP contribution in [0.2, 0.25) is 0 Å². The molecule has 0 spiro atoms. The summed E-state index contributed by atoms with van der Waals surface area (Å²) in [6.07, 6.45) is -2.82. The number of alkyl halides is 3. The van der Waals surface area contributed by atoms with Gasteiger partial charge in [0.15, 0.2) is 0 Å². The average molecular weight is 310 g/mol. The van der Waals surface area contributed by atoms with Crippen molar-refractivity contribution in [2.75, 3.05) is 0 Å². The van der Waals surface area contributed by atoms with Gasteiger partial charge in [-0.3, -0.25) is 5.14 Å². The van der Waals surface area contributed by atoms with Gasteiger partial charge in [0.2, 0.25) is 0 Å². The number of halogens is 3. The van der Waals surface area contributed by atoms with E-state index in [0.29, 0.717) is 19.3 Å². The van der Waals surface area contributed by atoms with Crippen LogP contribution < -0.4 is 5.14 Å². The number of hydrogen-bond acceptors (Lipinski definition) is 2. The molecule has 0 heterocycles. The number of nitriles is 1. The highest BCUT2D eigenvalue weighted by molar-refractivity contribution is 7.84. The van der Waals surface area contributed by atoms with E-state index in [0.717, 1.165) is 0 Å². The molecule has 0 saturated heterocycles. The van der Waals surface area contributed by atoms with E-state index >= 15 is 0 Å². The van der Waals surface area contributed by atoms with Crippen LogP contribution in [-0.4, -0.2) is 15.1 Å². The van der Waals surface area contributed by atoms with Crippen LogP contribution in [-0.2, 0) is 11.0 Å². The van der Waals surface area contributed by atoms with Crippen LogP contribution >= 0.6 is 0 Å². The second-order valence-corrected chi connectivity index (χ2v) is 7.85. The predicted molar refractivity (Wildman–Crippen MR) is 71.6 cm³/mol. The smallest absolute Gasteiger partial charge is 0.251 e. The predicted octanol–water partition coefficient (Wildman–Crippen LogP) is 3.29. The molecule has 1 rings (SSSR count). The highest BCUT2D eigenvalue weighted by atomic mass is 32.2. The Balaban J connectivity index is 2.63. The lowest BCUT2D eigenvalue weighted by molar-refractivity contribution is -0.184. The molecule has 0 aromatic rings. The molecule has 1 saturated carbocycles. The molecule has 0 radical (unpaired) electrons. The van der Waals surface area contributed by atoms with Crippen LogP contribution in [0.5, 0.6) is 0 Å². The minimum Gasteiger partial charge on any atom is -0.251 e. The lowest BCUT2D eigenvalue weighted by atomic mass is 9.73. The van der Waals surface area contributed by atoms with Crippen LogP contribution in [0.4, 0.5) is 13.2 Å². The molecular formula is C13H21F3N2OS. The molecule has 116 valence electrons. The zero-order valence-corrected chi connectivity index (χ0v) is 12.6. The first-order valence-corrected chi connectivity index (χ1v) is 7.92. The number of hydrogen-bond donors (Lipinski definition) is 1. The normalized spacial score (nSPS) is 27.6. The molecule has 1 fully saturated rings. The Kier molecular flexibility index (Phi) is 5.61. The lowest BCUT2D eigenvalue weighted by Gasteiger charge is -2.34. The zero-order valence-electron chi connectivity index (χ0n) is 11.7. The third-order valence-corrected chi connectivity index (χ3v) is 5.48. The summed E-state index contributed by atoms with van der Waals surface area (Å²) in [6, 6.07) is 2.17. The quantitative estimate of drug-likeness (QED) is 0.866. The average Bonchev–Trinajstić information content (AvgIpc) is 2.35. The maximum absolute atomic E-state index is 12.6. The molecule has 0 amide bonds. The van der Waals surface area contributed by atoms with Crippen molar-refractivity contribution in [3.8, 4) is 6.07 Å². The SMILES string of the molecule is CC(C)(C[C@H](C#N)C1CCC(C(F)(F)F)CC1)S(N)=O. The molecule has 2 N–H and O–H groups in total. The Labute approximate surface area is 120 Å². The van der Waals surface area contributed by atoms with E-state index in [1.807, 2.05) is 0 Å². The summed E-state index contributed by atoms with van der Waals surface area (Å²) in [5.41, 5.74) is 0. The van der Waals surface area contributed by atoms with Crippen molar-refractivity contribution in [3.05, 3.63) is 0 Å². The summed E-state index contributed by atoms with van der Waals surface area (Å²) in [7, 11) is -1.55. The maximum atomic E-state index is 12.6. The van der Waals surface area contributed by atoms with Crippen molar-refractivity contribution in [1.82, 2.24) is 0 Å². The molecule has 0 aliphatic heterocycles. The summed E-state index contributed by atoms with van der Waals surface area (Å²) in [4.78, 5) is 0. The van der Waals surface area contributed by atoms with E-state index in [1.165, 1.54) is 0 Å². The first kappa shape index (κ1) is 17.4. The van der Waals surface area contributed by atoms with Crippen molar-refractivity contribution in [2.24, 2.45) is 22.9 Å². The first-order valence-electron chi connectivity index (χ1n) is 6.70. The molecule has 7 heteroatoms. The molecule has 3 nitrogen and oxygen atoms in total. The summed E-state index contributed by atoms with van der Waals surface area (Å²) < 4.78 is 48.5. The van der Waals surface area contributed by atoms with Crippen LogP contribution in [0.15, 0.2) is 0 Å². The monoisotopic (exact) mass is 310 g/mol. The molecule has 20 heavy (non-hydrogen) atoms. The summed E-state index contributed by atoms with van der Waals surface area (Å²) >= 11 is 0. The maximum Gasteiger partial charge on any atom is 0.391 e. The molecule has 0 aromatic heterocycles. The minimum absolute atomic E-state index is 0.0542. The highest BCUT2D eigenvalue weighted by Gasteiger charge is 2.43. The van der Waals surface area contributed by atoms with Crippen molar-refractivity contribution in [1.29, 1.82) is 5.26 Å². The van der Waals surface area contributed by atoms with Crippen molar-refractivity contribution >= 4 is 11.0 Å². The second kappa shape index (κ2) is 6.44. The minimum atomic E-state index is -4.13. The number of rotatable bonds is 4. The van der Waals surface area contributed by atoms with E-state index in [4.69, 9.17) is 5.14 Å². The van der Waals surface area contributed by atoms with Gasteiger partial charge in [-0.1, -0.05) is 0 Å². The van der Waals surface area contributed by atoms with Gasteiger partial charge in [-0.2, -0.15) is 18.4 Å². The van der Waals surface area contributed by atoms with E-state index in [2.05, 4.69) is 6.07 Å². The van der Waals surface area contributed by atoms with Crippen molar-refractivity contribution < 1.29 is 17.4 Å². The van der Waals surface area contributed by atoms with E-state index in [1.54, 1.807) is 13.8 Å². The van der Waals surface area contributed by atoms with Gasteiger partial charge >= 0.3 is 6.18 Å². The Morgan fingerprint density at radius 3 is 2.15 bits per heavy atom. The van der Waals surface area contributed by atoms with Gasteiger partial charge in [-0.05, 0) is 51.9 Å². The topological polar surface area (TPSA) is 66.9 Å². The van der Waals surface area contributed by atoms with E-state index in [9.17, 15) is 22.6 Å². The van der Waals surface area contributed by atoms with Gasteiger partial charge < -0.3 is 0 Å². The van der Waals surface area contributed by atoms with Gasteiger partial charge in [-0.25, -0.2) is 4.21 Å². The van der Waals surface area contributed by atoms with Crippen LogP contribution in [0.3, 0.4) is 0 Å². The molecule has 0 bridgehead atoms. The molecule has 0 aromatic carbocycles. The molecule has 2 atom stereocenters. The second-order valence-electron chi connectivity index (χ2n) is 6.15. The Morgan fingerprint density at radius 1 is 1.30 bits per heavy atom. The summed E-state index contributed by atoms with van der Waals surface area (Å²) in [5, 5.41) is 14.6. The molecular weight excluding hydrogens is 289 g/mol. The van der Waals surface area contributed by atoms with Gasteiger partial charge in [0, 0.05) is 0 Å². The zero-order chi connectivity index (χ0) is 15.6. The lowest BCUT2D eigenvalue weighted by Crippen LogP contribution is -2.37. The third-order valence-electron chi connectivity index (χ3n) is 4.23. The Bertz CT molecular complexity index is 395. The third kappa shape index (κ3) is 4.45. The van der Waals surface area contributed by atoms with Crippen molar-refractivity contribution in [2.45, 2.75) is 56.9 Å². The first-order chi connectivity index (χ1) is 9.08. The Hall–Kier alpha value is -0.610. The van der Waals surface area contributed by atoms with Gasteiger partial charge in [0.05, 0.1) is 33.6 Å². The number of nitrogens with zero attached hydrogens (tertiary/aromatic N) is 1. The van der Waals surface area contributed by atoms with Crippen molar-refractivity contribution in [3.63, 3.8) is 0 Å². The number of nitrogens with two attached hydrogens (primary N) is 1. The molecule has 1 unspecified atom stereocenters. The summed E-state index contributed by atoms with van der Waals surface area (Å²) in [5.74, 6) is -1.68. The van der Waals surface area contributed by atoms with Gasteiger partial charge in [-0.15, -0.1) is 0 Å². The highest BCUT2D eigenvalue weighted by Crippen LogP contribution is 2.43. The standard InChI is InChI=1S/C13H21F3N2OS/c1-12(2,20(18)19)7-10(8-17)9-3-5-11(6-4-9)13(14,15)16/h9-11H,3-7,18H2,1-2H3/t9?,10-,11?,20?/m1/s1. The van der Waals surface area contributed by atoms with Gasteiger partial charge in [0.25, 0.3) is 0 Å². The van der Waals surface area contributed by atoms with Crippen LogP contribution in [0.1, 0.15) is 46.0 Å². The van der Waals surface area contributed by atoms with E-state index < -0.39 is 27.8 Å². The van der Waals surface area contributed by atoms with Crippen LogP contribution in [0, 0.1) is 29.1 Å². The van der Waals surface area contributed by atoms with E-state index in [-0.39, 0.29) is 24.7 Å². The van der Waals surface area contributed by atoms with Crippen LogP contribution in [0.25, 0.3) is 0 Å². The largest absolute Gasteiger partial charge is 0.391 e. The van der Waals surface area contributed by atoms with Gasteiger partial charge in [0.1, 0.15) is 0 Å². The fourth-order valence-electron chi connectivity index (χ4n) is 2.78.